The van der Waals surface area contributed by atoms with Gasteiger partial charge in [0, 0.05) is 12.5 Å². The molecule has 82 valence electrons. The maximum absolute atomic E-state index is 10.0. The van der Waals surface area contributed by atoms with E-state index in [0.717, 1.165) is 32.2 Å². The van der Waals surface area contributed by atoms with Crippen LogP contribution < -0.4 is 0 Å². The van der Waals surface area contributed by atoms with Gasteiger partial charge in [0.1, 0.15) is 12.9 Å². The summed E-state index contributed by atoms with van der Waals surface area (Å²) in [7, 11) is 0. The highest BCUT2D eigenvalue weighted by atomic mass is 16.5. The van der Waals surface area contributed by atoms with Crippen molar-refractivity contribution in [1.82, 2.24) is 0 Å². The first-order valence-electron chi connectivity index (χ1n) is 5.12. The van der Waals surface area contributed by atoms with E-state index in [4.69, 9.17) is 14.6 Å². The van der Waals surface area contributed by atoms with E-state index in [9.17, 15) is 4.79 Å². The molecule has 1 saturated heterocycles. The van der Waals surface area contributed by atoms with Gasteiger partial charge in [0.05, 0.1) is 19.3 Å². The van der Waals surface area contributed by atoms with Gasteiger partial charge in [0.25, 0.3) is 0 Å². The second-order valence-electron chi connectivity index (χ2n) is 3.55. The van der Waals surface area contributed by atoms with Crippen molar-refractivity contribution in [2.24, 2.45) is 5.92 Å². The lowest BCUT2D eigenvalue weighted by atomic mass is 9.97. The molecule has 1 aliphatic heterocycles. The van der Waals surface area contributed by atoms with Crippen LogP contribution in [0.15, 0.2) is 0 Å². The van der Waals surface area contributed by atoms with Crippen LogP contribution in [-0.2, 0) is 14.3 Å². The maximum Gasteiger partial charge on any atom is 0.145 e. The minimum Gasteiger partial charge on any atom is -0.396 e. The smallest absolute Gasteiger partial charge is 0.145 e. The van der Waals surface area contributed by atoms with E-state index in [0.29, 0.717) is 6.61 Å². The molecule has 0 aromatic heterocycles. The van der Waals surface area contributed by atoms with Crippen molar-refractivity contribution in [2.45, 2.75) is 25.4 Å². The molecule has 1 heterocycles. The van der Waals surface area contributed by atoms with E-state index in [-0.39, 0.29) is 25.2 Å². The van der Waals surface area contributed by atoms with E-state index < -0.39 is 0 Å². The molecule has 1 fully saturated rings. The first kappa shape index (κ1) is 11.6. The topological polar surface area (TPSA) is 55.8 Å². The summed E-state index contributed by atoms with van der Waals surface area (Å²) in [5.41, 5.74) is 0. The predicted molar refractivity (Wildman–Crippen MR) is 51.0 cm³/mol. The fraction of sp³-hybridized carbons (Fsp3) is 0.900. The molecule has 0 amide bonds. The molecule has 0 radical (unpaired) electrons. The summed E-state index contributed by atoms with van der Waals surface area (Å²) in [6.07, 6.45) is 4.05. The quantitative estimate of drug-likeness (QED) is 0.499. The molecule has 14 heavy (non-hydrogen) atoms. The van der Waals surface area contributed by atoms with Crippen LogP contribution >= 0.6 is 0 Å². The van der Waals surface area contributed by atoms with Gasteiger partial charge in [-0.15, -0.1) is 0 Å². The van der Waals surface area contributed by atoms with E-state index in [1.54, 1.807) is 0 Å². The van der Waals surface area contributed by atoms with Crippen molar-refractivity contribution in [3.63, 3.8) is 0 Å². The Bertz CT molecular complexity index is 154. The summed E-state index contributed by atoms with van der Waals surface area (Å²) >= 11 is 0. The lowest BCUT2D eigenvalue weighted by Crippen LogP contribution is -2.33. The standard InChI is InChI=1S/C10H18O4/c11-4-6-13-8-9(7-12)10-3-1-2-5-14-10/h4,9-10,12H,1-3,5-8H2. The third-order valence-corrected chi connectivity index (χ3v) is 2.49. The van der Waals surface area contributed by atoms with Crippen LogP contribution in [0.2, 0.25) is 0 Å². The van der Waals surface area contributed by atoms with Crippen LogP contribution in [0, 0.1) is 5.92 Å². The average molecular weight is 202 g/mol. The molecule has 0 aromatic rings. The van der Waals surface area contributed by atoms with Crippen molar-refractivity contribution in [3.8, 4) is 0 Å². The van der Waals surface area contributed by atoms with Gasteiger partial charge in [-0.2, -0.15) is 0 Å². The van der Waals surface area contributed by atoms with E-state index >= 15 is 0 Å². The average Bonchev–Trinajstić information content (AvgIpc) is 2.26. The number of ether oxygens (including phenoxy) is 2. The van der Waals surface area contributed by atoms with Gasteiger partial charge in [-0.1, -0.05) is 0 Å². The summed E-state index contributed by atoms with van der Waals surface area (Å²) in [4.78, 5) is 10.0. The SMILES string of the molecule is O=CCOCC(CO)C1CCCCO1. The zero-order valence-corrected chi connectivity index (χ0v) is 8.35. The number of hydrogen-bond acceptors (Lipinski definition) is 4. The van der Waals surface area contributed by atoms with Gasteiger partial charge in [-0.05, 0) is 19.3 Å². The van der Waals surface area contributed by atoms with Crippen LogP contribution in [0.1, 0.15) is 19.3 Å². The predicted octanol–water partition coefficient (Wildman–Crippen LogP) is 0.379. The highest BCUT2D eigenvalue weighted by Gasteiger charge is 2.23. The van der Waals surface area contributed by atoms with Crippen LogP contribution in [-0.4, -0.2) is 43.9 Å². The Morgan fingerprint density at radius 2 is 2.43 bits per heavy atom. The second-order valence-corrected chi connectivity index (χ2v) is 3.55. The van der Waals surface area contributed by atoms with E-state index in [1.807, 2.05) is 0 Å². The molecule has 4 heteroatoms. The zero-order chi connectivity index (χ0) is 10.2. The maximum atomic E-state index is 10.0. The Balaban J connectivity index is 2.24. The lowest BCUT2D eigenvalue weighted by Gasteiger charge is -2.28. The molecule has 2 atom stereocenters. The van der Waals surface area contributed by atoms with Crippen LogP contribution in [0.4, 0.5) is 0 Å². The summed E-state index contributed by atoms with van der Waals surface area (Å²) < 4.78 is 10.6. The van der Waals surface area contributed by atoms with Crippen LogP contribution in [0.25, 0.3) is 0 Å². The third-order valence-electron chi connectivity index (χ3n) is 2.49. The number of carbonyl (C=O) groups is 1. The Kier molecular flexibility index (Phi) is 5.75. The van der Waals surface area contributed by atoms with Gasteiger partial charge in [0.2, 0.25) is 0 Å². The Hall–Kier alpha value is -0.450. The number of rotatable bonds is 6. The van der Waals surface area contributed by atoms with Crippen molar-refractivity contribution in [2.75, 3.05) is 26.4 Å². The molecular formula is C10H18O4. The minimum atomic E-state index is 0.00949. The molecule has 1 aliphatic rings. The molecular weight excluding hydrogens is 184 g/mol. The zero-order valence-electron chi connectivity index (χ0n) is 8.35. The molecule has 0 aliphatic carbocycles. The number of aldehydes is 1. The monoisotopic (exact) mass is 202 g/mol. The van der Waals surface area contributed by atoms with Crippen molar-refractivity contribution >= 4 is 6.29 Å². The van der Waals surface area contributed by atoms with Gasteiger partial charge in [0.15, 0.2) is 0 Å². The molecule has 2 unspecified atom stereocenters. The second kappa shape index (κ2) is 6.92. The summed E-state index contributed by atoms with van der Waals surface area (Å²) in [6, 6.07) is 0. The van der Waals surface area contributed by atoms with Gasteiger partial charge >= 0.3 is 0 Å². The van der Waals surface area contributed by atoms with Gasteiger partial charge < -0.3 is 19.4 Å². The number of aliphatic hydroxyl groups is 1. The highest BCUT2D eigenvalue weighted by molar-refractivity contribution is 5.50. The lowest BCUT2D eigenvalue weighted by molar-refractivity contribution is -0.114. The van der Waals surface area contributed by atoms with Gasteiger partial charge in [-0.3, -0.25) is 0 Å². The van der Waals surface area contributed by atoms with E-state index in [1.165, 1.54) is 0 Å². The first-order valence-corrected chi connectivity index (χ1v) is 5.12. The Labute approximate surface area is 84.2 Å². The fourth-order valence-electron chi connectivity index (χ4n) is 1.68. The molecule has 0 spiro atoms. The number of aliphatic hydroxyl groups excluding tert-OH is 1. The first-order chi connectivity index (χ1) is 6.88. The minimum absolute atomic E-state index is 0.00949. The van der Waals surface area contributed by atoms with Crippen LogP contribution in [0.5, 0.6) is 0 Å². The normalized spacial score (nSPS) is 24.5. The van der Waals surface area contributed by atoms with Crippen LogP contribution in [0.3, 0.4) is 0 Å². The molecule has 1 rings (SSSR count). The third kappa shape index (κ3) is 3.74. The van der Waals surface area contributed by atoms with E-state index in [2.05, 4.69) is 0 Å². The molecule has 0 aromatic carbocycles. The molecule has 0 saturated carbocycles. The summed E-state index contributed by atoms with van der Waals surface area (Å²) in [5.74, 6) is 0.00949. The number of carbonyl (C=O) groups excluding carboxylic acids is 1. The summed E-state index contributed by atoms with van der Waals surface area (Å²) in [6.45, 7) is 1.33. The fourth-order valence-corrected chi connectivity index (χ4v) is 1.68. The summed E-state index contributed by atoms with van der Waals surface area (Å²) in [5, 5.41) is 9.13. The van der Waals surface area contributed by atoms with Crippen molar-refractivity contribution in [3.05, 3.63) is 0 Å². The molecule has 1 N–H and O–H groups in total. The van der Waals surface area contributed by atoms with Crippen molar-refractivity contribution < 1.29 is 19.4 Å². The number of hydrogen-bond donors (Lipinski definition) is 1. The largest absolute Gasteiger partial charge is 0.396 e. The van der Waals surface area contributed by atoms with Crippen molar-refractivity contribution in [1.29, 1.82) is 0 Å². The van der Waals surface area contributed by atoms with Gasteiger partial charge in [-0.25, -0.2) is 0 Å². The Morgan fingerprint density at radius 1 is 1.57 bits per heavy atom. The Morgan fingerprint density at radius 3 is 3.00 bits per heavy atom. The molecule has 4 nitrogen and oxygen atoms in total. The molecule has 0 bridgehead atoms. The highest BCUT2D eigenvalue weighted by Crippen LogP contribution is 2.20.